The number of hydrogen-bond donors (Lipinski definition) is 1. The minimum Gasteiger partial charge on any atom is -0.389 e. The minimum absolute atomic E-state index is 0.0129. The molecule has 0 unspecified atom stereocenters. The molecular formula is C19H24N2O4. The minimum atomic E-state index is -0.859. The van der Waals surface area contributed by atoms with Gasteiger partial charge < -0.3 is 14.7 Å². The predicted octanol–water partition coefficient (Wildman–Crippen LogP) is 1.87. The van der Waals surface area contributed by atoms with Gasteiger partial charge in [-0.15, -0.1) is 0 Å². The molecule has 0 aromatic heterocycles. The number of carbonyl (C=O) groups excluding carboxylic acids is 2. The Balaban J connectivity index is 1.34. The summed E-state index contributed by atoms with van der Waals surface area (Å²) in [6, 6.07) is 7.66. The van der Waals surface area contributed by atoms with E-state index in [1.54, 1.807) is 4.90 Å². The van der Waals surface area contributed by atoms with Gasteiger partial charge in [-0.2, -0.15) is 0 Å². The van der Waals surface area contributed by atoms with Crippen molar-refractivity contribution in [1.82, 2.24) is 9.80 Å². The molecule has 0 saturated carbocycles. The van der Waals surface area contributed by atoms with Crippen LogP contribution >= 0.6 is 0 Å². The van der Waals surface area contributed by atoms with Gasteiger partial charge in [0.15, 0.2) is 0 Å². The van der Waals surface area contributed by atoms with Crippen molar-refractivity contribution in [3.05, 3.63) is 35.4 Å². The van der Waals surface area contributed by atoms with Gasteiger partial charge in [0.1, 0.15) is 6.04 Å². The van der Waals surface area contributed by atoms with E-state index in [-0.39, 0.29) is 37.2 Å². The van der Waals surface area contributed by atoms with Crippen molar-refractivity contribution in [1.29, 1.82) is 0 Å². The highest BCUT2D eigenvalue weighted by molar-refractivity contribution is 6.04. The Morgan fingerprint density at radius 1 is 1.20 bits per heavy atom. The fourth-order valence-electron chi connectivity index (χ4n) is 4.22. The fraction of sp³-hybridized carbons (Fsp3) is 0.579. The Hall–Kier alpha value is -1.92. The van der Waals surface area contributed by atoms with Crippen LogP contribution in [0.25, 0.3) is 0 Å². The molecule has 2 aliphatic heterocycles. The topological polar surface area (TPSA) is 70.1 Å². The summed E-state index contributed by atoms with van der Waals surface area (Å²) in [4.78, 5) is 27.4. The van der Waals surface area contributed by atoms with Gasteiger partial charge in [-0.3, -0.25) is 9.69 Å². The van der Waals surface area contributed by atoms with Crippen LogP contribution in [-0.4, -0.2) is 58.7 Å². The first-order valence-corrected chi connectivity index (χ1v) is 9.14. The van der Waals surface area contributed by atoms with E-state index in [2.05, 4.69) is 12.1 Å². The quantitative estimate of drug-likeness (QED) is 0.828. The number of nitrogens with zero attached hydrogens (tertiary/aromatic N) is 2. The van der Waals surface area contributed by atoms with E-state index in [1.165, 1.54) is 16.0 Å². The van der Waals surface area contributed by atoms with Crippen LogP contribution in [-0.2, 0) is 16.0 Å². The number of fused-ring (bicyclic) bond motifs is 2. The van der Waals surface area contributed by atoms with Crippen LogP contribution in [0.15, 0.2) is 24.3 Å². The summed E-state index contributed by atoms with van der Waals surface area (Å²) >= 11 is 0. The maximum atomic E-state index is 12.3. The third kappa shape index (κ3) is 3.04. The largest absolute Gasteiger partial charge is 0.389 e. The van der Waals surface area contributed by atoms with E-state index in [4.69, 9.17) is 4.74 Å². The lowest BCUT2D eigenvalue weighted by atomic mass is 9.89. The van der Waals surface area contributed by atoms with Crippen LogP contribution in [0.5, 0.6) is 0 Å². The predicted molar refractivity (Wildman–Crippen MR) is 90.9 cm³/mol. The molecule has 134 valence electrons. The van der Waals surface area contributed by atoms with Crippen LogP contribution in [0.2, 0.25) is 0 Å². The monoisotopic (exact) mass is 344 g/mol. The second-order valence-electron chi connectivity index (χ2n) is 7.15. The Morgan fingerprint density at radius 2 is 2.04 bits per heavy atom. The summed E-state index contributed by atoms with van der Waals surface area (Å²) in [5.74, 6) is -0.176. The summed E-state index contributed by atoms with van der Waals surface area (Å²) in [5, 5.41) is 10.3. The van der Waals surface area contributed by atoms with E-state index >= 15 is 0 Å². The first kappa shape index (κ1) is 16.5. The van der Waals surface area contributed by atoms with Crippen molar-refractivity contribution in [2.24, 2.45) is 0 Å². The van der Waals surface area contributed by atoms with Gasteiger partial charge in [-0.1, -0.05) is 24.3 Å². The number of urea groups is 1. The number of amides is 3. The molecule has 0 bridgehead atoms. The van der Waals surface area contributed by atoms with Gasteiger partial charge in [0.25, 0.3) is 5.91 Å². The zero-order valence-corrected chi connectivity index (χ0v) is 14.3. The molecule has 25 heavy (non-hydrogen) atoms. The molecule has 3 aliphatic rings. The zero-order chi connectivity index (χ0) is 17.4. The van der Waals surface area contributed by atoms with Crippen LogP contribution in [0.3, 0.4) is 0 Å². The third-order valence-corrected chi connectivity index (χ3v) is 5.48. The summed E-state index contributed by atoms with van der Waals surface area (Å²) in [5.41, 5.74) is 2.49. The summed E-state index contributed by atoms with van der Waals surface area (Å²) in [6.45, 7) is 0.775. The normalized spacial score (nSPS) is 26.8. The lowest BCUT2D eigenvalue weighted by Gasteiger charge is -2.27. The number of aryl methyl sites for hydroxylation is 1. The number of carbonyl (C=O) groups is 2. The summed E-state index contributed by atoms with van der Waals surface area (Å²) < 4.78 is 5.93. The third-order valence-electron chi connectivity index (χ3n) is 5.48. The molecule has 6 heteroatoms. The Labute approximate surface area is 147 Å². The fourth-order valence-corrected chi connectivity index (χ4v) is 4.22. The standard InChI is InChI=1S/C19H24N2O4/c22-14(11-21-18(23)16-8-4-10-20(16)19(21)24)12-25-17-9-3-6-13-5-1-2-7-15(13)17/h1-2,5,7,14,16-17,22H,3-4,6,8-12H2/t14-,16-,17-/m0/s1. The zero-order valence-electron chi connectivity index (χ0n) is 14.3. The number of rotatable bonds is 5. The highest BCUT2D eigenvalue weighted by Gasteiger charge is 2.47. The molecule has 1 aromatic rings. The molecule has 2 heterocycles. The van der Waals surface area contributed by atoms with E-state index in [1.807, 2.05) is 12.1 Å². The Morgan fingerprint density at radius 3 is 2.88 bits per heavy atom. The van der Waals surface area contributed by atoms with Crippen molar-refractivity contribution in [2.75, 3.05) is 19.7 Å². The Bertz CT molecular complexity index is 655. The maximum absolute atomic E-state index is 12.3. The summed E-state index contributed by atoms with van der Waals surface area (Å²) in [6.07, 6.45) is 3.79. The second-order valence-corrected chi connectivity index (χ2v) is 7.15. The lowest BCUT2D eigenvalue weighted by Crippen LogP contribution is -2.40. The Kier molecular flexibility index (Phi) is 4.48. The van der Waals surface area contributed by atoms with Crippen LogP contribution in [0, 0.1) is 0 Å². The molecule has 1 N–H and O–H groups in total. The molecule has 2 fully saturated rings. The van der Waals surface area contributed by atoms with Gasteiger partial charge >= 0.3 is 6.03 Å². The number of β-amino-alcohol motifs (C(OH)–C–C–N with tert-alkyl or cyclic N) is 1. The van der Waals surface area contributed by atoms with Gasteiger partial charge in [-0.05, 0) is 43.2 Å². The number of aliphatic hydroxyl groups excluding tert-OH is 1. The van der Waals surface area contributed by atoms with Crippen molar-refractivity contribution in [2.45, 2.75) is 50.4 Å². The van der Waals surface area contributed by atoms with Crippen molar-refractivity contribution in [3.63, 3.8) is 0 Å². The van der Waals surface area contributed by atoms with Gasteiger partial charge in [-0.25, -0.2) is 4.79 Å². The molecule has 1 aliphatic carbocycles. The highest BCUT2D eigenvalue weighted by Crippen LogP contribution is 2.32. The van der Waals surface area contributed by atoms with E-state index < -0.39 is 6.10 Å². The summed E-state index contributed by atoms with van der Waals surface area (Å²) in [7, 11) is 0. The van der Waals surface area contributed by atoms with Gasteiger partial charge in [0, 0.05) is 6.54 Å². The first-order valence-electron chi connectivity index (χ1n) is 9.14. The SMILES string of the molecule is O=C1[C@@H]2CCCN2C(=O)N1C[C@H](O)CO[C@H]1CCCc2ccccc21. The van der Waals surface area contributed by atoms with E-state index in [9.17, 15) is 14.7 Å². The molecule has 3 atom stereocenters. The molecule has 3 amide bonds. The van der Waals surface area contributed by atoms with Gasteiger partial charge in [0.2, 0.25) is 0 Å². The molecule has 6 nitrogen and oxygen atoms in total. The molecular weight excluding hydrogens is 320 g/mol. The van der Waals surface area contributed by atoms with Crippen LogP contribution < -0.4 is 0 Å². The molecule has 0 spiro atoms. The number of benzene rings is 1. The molecule has 2 saturated heterocycles. The number of imide groups is 1. The van der Waals surface area contributed by atoms with Crippen LogP contribution in [0.1, 0.15) is 42.9 Å². The van der Waals surface area contributed by atoms with E-state index in [0.717, 1.165) is 32.1 Å². The molecule has 0 radical (unpaired) electrons. The van der Waals surface area contributed by atoms with Gasteiger partial charge in [0.05, 0.1) is 25.4 Å². The maximum Gasteiger partial charge on any atom is 0.327 e. The van der Waals surface area contributed by atoms with Crippen LogP contribution in [0.4, 0.5) is 4.79 Å². The van der Waals surface area contributed by atoms with Crippen molar-refractivity contribution >= 4 is 11.9 Å². The highest BCUT2D eigenvalue weighted by atomic mass is 16.5. The molecule has 4 rings (SSSR count). The average Bonchev–Trinajstić information content (AvgIpc) is 3.20. The van der Waals surface area contributed by atoms with Crippen molar-refractivity contribution in [3.8, 4) is 0 Å². The molecule has 1 aromatic carbocycles. The lowest BCUT2D eigenvalue weighted by molar-refractivity contribution is -0.129. The number of ether oxygens (including phenoxy) is 1. The van der Waals surface area contributed by atoms with Crippen molar-refractivity contribution < 1.29 is 19.4 Å². The number of hydrogen-bond acceptors (Lipinski definition) is 4. The van der Waals surface area contributed by atoms with E-state index in [0.29, 0.717) is 6.54 Å². The number of aliphatic hydroxyl groups is 1. The average molecular weight is 344 g/mol. The first-order chi connectivity index (χ1) is 12.1. The smallest absolute Gasteiger partial charge is 0.327 e. The second kappa shape index (κ2) is 6.77.